The molecule has 0 saturated carbocycles. The van der Waals surface area contributed by atoms with E-state index in [1.54, 1.807) is 12.1 Å². The molecule has 0 aliphatic rings. The maximum Gasteiger partial charge on any atom is 0.339 e. The van der Waals surface area contributed by atoms with Crippen molar-refractivity contribution in [3.05, 3.63) is 47.5 Å². The number of carboxylic acids is 1. The third-order valence-corrected chi connectivity index (χ3v) is 3.18. The van der Waals surface area contributed by atoms with Gasteiger partial charge in [-0.1, -0.05) is 40.7 Å². The van der Waals surface area contributed by atoms with E-state index in [4.69, 9.17) is 4.74 Å². The second-order valence-corrected chi connectivity index (χ2v) is 4.60. The summed E-state index contributed by atoms with van der Waals surface area (Å²) in [6, 6.07) is 10.8. The summed E-state index contributed by atoms with van der Waals surface area (Å²) >= 11 is 1.21. The molecule has 0 unspecified atom stereocenters. The molecular weight excluding hydrogens is 264 g/mol. The van der Waals surface area contributed by atoms with Gasteiger partial charge in [0.2, 0.25) is 0 Å². The van der Waals surface area contributed by atoms with Crippen molar-refractivity contribution in [3.8, 4) is 10.9 Å². The van der Waals surface area contributed by atoms with Gasteiger partial charge in [0.1, 0.15) is 16.8 Å². The molecule has 0 amide bonds. The molecule has 6 heteroatoms. The number of ether oxygens (including phenoxy) is 1. The SMILES string of the molecule is O=C(O)c1cc2ccccc2cc1Oc1nncs1. The van der Waals surface area contributed by atoms with Gasteiger partial charge in [-0.15, -0.1) is 5.10 Å². The molecule has 0 spiro atoms. The zero-order valence-electron chi connectivity index (χ0n) is 9.61. The van der Waals surface area contributed by atoms with E-state index in [0.29, 0.717) is 5.19 Å². The van der Waals surface area contributed by atoms with Crippen LogP contribution in [0, 0.1) is 0 Å². The molecule has 0 bridgehead atoms. The standard InChI is InChI=1S/C13H8N2O3S/c16-12(17)10-5-8-3-1-2-4-9(8)6-11(10)18-13-15-14-7-19-13/h1-7H,(H,16,17). The van der Waals surface area contributed by atoms with E-state index < -0.39 is 5.97 Å². The van der Waals surface area contributed by atoms with Crippen molar-refractivity contribution >= 4 is 28.1 Å². The van der Waals surface area contributed by atoms with Crippen LogP contribution in [0.15, 0.2) is 41.9 Å². The van der Waals surface area contributed by atoms with Crippen LogP contribution >= 0.6 is 11.3 Å². The molecular formula is C13H8N2O3S. The normalized spacial score (nSPS) is 10.5. The molecule has 3 aromatic rings. The van der Waals surface area contributed by atoms with E-state index in [-0.39, 0.29) is 11.3 Å². The van der Waals surface area contributed by atoms with Gasteiger partial charge in [-0.3, -0.25) is 0 Å². The van der Waals surface area contributed by atoms with Gasteiger partial charge in [0.05, 0.1) is 0 Å². The first kappa shape index (κ1) is 11.6. The van der Waals surface area contributed by atoms with Gasteiger partial charge in [-0.05, 0) is 22.9 Å². The smallest absolute Gasteiger partial charge is 0.339 e. The summed E-state index contributed by atoms with van der Waals surface area (Å²) in [6.45, 7) is 0. The molecule has 94 valence electrons. The van der Waals surface area contributed by atoms with Crippen LogP contribution in [-0.2, 0) is 0 Å². The number of carboxylic acid groups (broad SMARTS) is 1. The fraction of sp³-hybridized carbons (Fsp3) is 0. The summed E-state index contributed by atoms with van der Waals surface area (Å²) in [5.74, 6) is -0.770. The van der Waals surface area contributed by atoms with Gasteiger partial charge in [0, 0.05) is 0 Å². The van der Waals surface area contributed by atoms with Gasteiger partial charge in [-0.25, -0.2) is 4.79 Å². The molecule has 2 aromatic carbocycles. The Morgan fingerprint density at radius 3 is 2.58 bits per heavy atom. The maximum absolute atomic E-state index is 11.3. The number of carbonyl (C=O) groups is 1. The third kappa shape index (κ3) is 2.25. The first-order chi connectivity index (χ1) is 9.24. The van der Waals surface area contributed by atoms with E-state index >= 15 is 0 Å². The maximum atomic E-state index is 11.3. The number of hydrogen-bond acceptors (Lipinski definition) is 5. The van der Waals surface area contributed by atoms with Crippen LogP contribution < -0.4 is 4.74 Å². The minimum atomic E-state index is -1.04. The Bertz CT molecular complexity index is 741. The Hall–Kier alpha value is -2.47. The zero-order chi connectivity index (χ0) is 13.2. The van der Waals surface area contributed by atoms with Crippen LogP contribution in [0.2, 0.25) is 0 Å². The fourth-order valence-corrected chi connectivity index (χ4v) is 2.19. The molecule has 0 fully saturated rings. The number of aromatic carboxylic acids is 1. The van der Waals surface area contributed by atoms with Crippen molar-refractivity contribution in [3.63, 3.8) is 0 Å². The first-order valence-corrected chi connectivity index (χ1v) is 6.32. The lowest BCUT2D eigenvalue weighted by atomic mass is 10.1. The number of fused-ring (bicyclic) bond motifs is 1. The highest BCUT2D eigenvalue weighted by atomic mass is 32.1. The largest absolute Gasteiger partial charge is 0.478 e. The number of benzene rings is 2. The van der Waals surface area contributed by atoms with Crippen molar-refractivity contribution in [2.45, 2.75) is 0 Å². The lowest BCUT2D eigenvalue weighted by Crippen LogP contribution is -2.00. The van der Waals surface area contributed by atoms with Crippen molar-refractivity contribution < 1.29 is 14.6 Å². The average molecular weight is 272 g/mol. The van der Waals surface area contributed by atoms with Crippen molar-refractivity contribution in [1.82, 2.24) is 10.2 Å². The predicted molar refractivity (Wildman–Crippen MR) is 70.9 cm³/mol. The highest BCUT2D eigenvalue weighted by molar-refractivity contribution is 7.11. The Morgan fingerprint density at radius 2 is 1.95 bits per heavy atom. The third-order valence-electron chi connectivity index (χ3n) is 2.62. The molecule has 19 heavy (non-hydrogen) atoms. The minimum Gasteiger partial charge on any atom is -0.478 e. The molecule has 0 atom stereocenters. The second kappa shape index (κ2) is 4.66. The lowest BCUT2D eigenvalue weighted by molar-refractivity contribution is 0.0694. The Morgan fingerprint density at radius 1 is 1.21 bits per heavy atom. The van der Waals surface area contributed by atoms with E-state index in [1.165, 1.54) is 16.8 Å². The van der Waals surface area contributed by atoms with Crippen LogP contribution in [0.25, 0.3) is 10.8 Å². The van der Waals surface area contributed by atoms with Gasteiger partial charge >= 0.3 is 5.97 Å². The minimum absolute atomic E-state index is 0.105. The Labute approximate surface area is 112 Å². The number of aromatic nitrogens is 2. The molecule has 1 N–H and O–H groups in total. The zero-order valence-corrected chi connectivity index (χ0v) is 10.4. The highest BCUT2D eigenvalue weighted by Gasteiger charge is 2.14. The van der Waals surface area contributed by atoms with E-state index in [1.807, 2.05) is 24.3 Å². The van der Waals surface area contributed by atoms with E-state index in [9.17, 15) is 9.90 Å². The summed E-state index contributed by atoms with van der Waals surface area (Å²) in [6.07, 6.45) is 0. The van der Waals surface area contributed by atoms with Crippen LogP contribution in [-0.4, -0.2) is 21.3 Å². The van der Waals surface area contributed by atoms with E-state index in [2.05, 4.69) is 10.2 Å². The number of rotatable bonds is 3. The Balaban J connectivity index is 2.15. The van der Waals surface area contributed by atoms with Crippen LogP contribution in [0.3, 0.4) is 0 Å². The summed E-state index contributed by atoms with van der Waals surface area (Å²) in [5.41, 5.74) is 1.63. The van der Waals surface area contributed by atoms with Gasteiger partial charge in [-0.2, -0.15) is 0 Å². The molecule has 1 aromatic heterocycles. The molecule has 0 radical (unpaired) electrons. The van der Waals surface area contributed by atoms with Crippen LogP contribution in [0.1, 0.15) is 10.4 Å². The van der Waals surface area contributed by atoms with Crippen LogP contribution in [0.4, 0.5) is 0 Å². The fourth-order valence-electron chi connectivity index (χ4n) is 1.77. The number of hydrogen-bond donors (Lipinski definition) is 1. The second-order valence-electron chi connectivity index (χ2n) is 3.81. The van der Waals surface area contributed by atoms with Crippen molar-refractivity contribution in [1.29, 1.82) is 0 Å². The topological polar surface area (TPSA) is 72.3 Å². The lowest BCUT2D eigenvalue weighted by Gasteiger charge is -2.07. The highest BCUT2D eigenvalue weighted by Crippen LogP contribution is 2.30. The quantitative estimate of drug-likeness (QED) is 0.792. The van der Waals surface area contributed by atoms with Gasteiger partial charge in [0.25, 0.3) is 5.19 Å². The Kier molecular flexibility index (Phi) is 2.85. The van der Waals surface area contributed by atoms with E-state index in [0.717, 1.165) is 10.8 Å². The molecule has 0 aliphatic heterocycles. The summed E-state index contributed by atoms with van der Waals surface area (Å²) < 4.78 is 5.48. The molecule has 0 saturated heterocycles. The summed E-state index contributed by atoms with van der Waals surface area (Å²) in [7, 11) is 0. The molecule has 3 rings (SSSR count). The molecule has 0 aliphatic carbocycles. The molecule has 1 heterocycles. The summed E-state index contributed by atoms with van der Waals surface area (Å²) in [4.78, 5) is 11.3. The predicted octanol–water partition coefficient (Wildman–Crippen LogP) is 3.18. The van der Waals surface area contributed by atoms with Gasteiger partial charge < -0.3 is 9.84 Å². The van der Waals surface area contributed by atoms with Crippen molar-refractivity contribution in [2.24, 2.45) is 0 Å². The van der Waals surface area contributed by atoms with Gasteiger partial charge in [0.15, 0.2) is 0 Å². The first-order valence-electron chi connectivity index (χ1n) is 5.44. The number of nitrogens with zero attached hydrogens (tertiary/aromatic N) is 2. The summed E-state index contributed by atoms with van der Waals surface area (Å²) in [5, 5.41) is 18.7. The molecule has 5 nitrogen and oxygen atoms in total. The van der Waals surface area contributed by atoms with Crippen LogP contribution in [0.5, 0.6) is 10.9 Å². The van der Waals surface area contributed by atoms with Crippen molar-refractivity contribution in [2.75, 3.05) is 0 Å². The monoisotopic (exact) mass is 272 g/mol. The average Bonchev–Trinajstić information content (AvgIpc) is 2.90.